The monoisotopic (exact) mass is 179 g/mol. The minimum Gasteiger partial charge on any atom is -0.380 e. The summed E-state index contributed by atoms with van der Waals surface area (Å²) in [7, 11) is 0. The molecule has 1 saturated carbocycles. The smallest absolute Gasteiger partial charge is 0.121 e. The summed E-state index contributed by atoms with van der Waals surface area (Å²) in [6, 6.07) is 0. The minimum atomic E-state index is -1.05. The van der Waals surface area contributed by atoms with E-state index in [1.54, 1.807) is 13.0 Å². The summed E-state index contributed by atoms with van der Waals surface area (Å²) in [5, 5.41) is 9.85. The number of aliphatic imine (C=N–C) groups is 1. The molecule has 13 heavy (non-hydrogen) atoms. The van der Waals surface area contributed by atoms with E-state index in [1.165, 1.54) is 6.08 Å². The molecular weight excluding hydrogens is 162 g/mol. The second kappa shape index (κ2) is 3.11. The highest BCUT2D eigenvalue weighted by atomic mass is 16.3. The van der Waals surface area contributed by atoms with Gasteiger partial charge in [0.15, 0.2) is 0 Å². The highest BCUT2D eigenvalue weighted by Crippen LogP contribution is 2.39. The Morgan fingerprint density at radius 3 is 2.38 bits per heavy atom. The summed E-state index contributed by atoms with van der Waals surface area (Å²) in [4.78, 5) is 4.46. The fourth-order valence-corrected chi connectivity index (χ4v) is 1.05. The molecule has 1 rings (SSSR count). The lowest BCUT2D eigenvalue weighted by molar-refractivity contribution is 0.185. The fourth-order valence-electron chi connectivity index (χ4n) is 1.05. The SMILES string of the molecule is C=C/C(=N/C1(C)CC1)C(C)(O)C=C. The maximum atomic E-state index is 9.85. The zero-order valence-corrected chi connectivity index (χ0v) is 8.38. The number of aliphatic hydroxyl groups is 1. The van der Waals surface area contributed by atoms with Gasteiger partial charge in [-0.15, -0.1) is 0 Å². The molecule has 1 aliphatic rings. The lowest BCUT2D eigenvalue weighted by Gasteiger charge is -2.20. The summed E-state index contributed by atoms with van der Waals surface area (Å²) in [5.74, 6) is 0. The van der Waals surface area contributed by atoms with Crippen LogP contribution in [0.25, 0.3) is 0 Å². The lowest BCUT2D eigenvalue weighted by Crippen LogP contribution is -2.32. The first-order valence-corrected chi connectivity index (χ1v) is 4.52. The molecule has 0 aromatic rings. The van der Waals surface area contributed by atoms with Crippen LogP contribution in [-0.4, -0.2) is 22.0 Å². The zero-order valence-electron chi connectivity index (χ0n) is 8.38. The molecule has 0 amide bonds. The van der Waals surface area contributed by atoms with E-state index >= 15 is 0 Å². The Kier molecular flexibility index (Phi) is 2.44. The summed E-state index contributed by atoms with van der Waals surface area (Å²) < 4.78 is 0. The van der Waals surface area contributed by atoms with Gasteiger partial charge in [-0.2, -0.15) is 0 Å². The predicted molar refractivity (Wildman–Crippen MR) is 56.1 cm³/mol. The van der Waals surface area contributed by atoms with Crippen molar-refractivity contribution < 1.29 is 5.11 Å². The van der Waals surface area contributed by atoms with Crippen molar-refractivity contribution in [3.63, 3.8) is 0 Å². The van der Waals surface area contributed by atoms with Gasteiger partial charge in [-0.25, -0.2) is 0 Å². The van der Waals surface area contributed by atoms with E-state index in [1.807, 2.05) is 0 Å². The van der Waals surface area contributed by atoms with Gasteiger partial charge in [-0.05, 0) is 32.8 Å². The Labute approximate surface area is 79.7 Å². The maximum Gasteiger partial charge on any atom is 0.121 e. The van der Waals surface area contributed by atoms with Gasteiger partial charge in [0.2, 0.25) is 0 Å². The second-order valence-electron chi connectivity index (χ2n) is 4.05. The summed E-state index contributed by atoms with van der Waals surface area (Å²) in [6.07, 6.45) is 5.28. The molecule has 0 heterocycles. The number of nitrogens with zero attached hydrogens (tertiary/aromatic N) is 1. The third-order valence-electron chi connectivity index (χ3n) is 2.47. The minimum absolute atomic E-state index is 0.0382. The summed E-state index contributed by atoms with van der Waals surface area (Å²) >= 11 is 0. The molecule has 0 aliphatic heterocycles. The van der Waals surface area contributed by atoms with Crippen molar-refractivity contribution in [2.45, 2.75) is 37.8 Å². The van der Waals surface area contributed by atoms with Crippen LogP contribution in [-0.2, 0) is 0 Å². The van der Waals surface area contributed by atoms with Crippen LogP contribution in [0.5, 0.6) is 0 Å². The fraction of sp³-hybridized carbons (Fsp3) is 0.545. The zero-order chi connectivity index (χ0) is 10.1. The molecule has 0 bridgehead atoms. The molecule has 2 heteroatoms. The van der Waals surface area contributed by atoms with Crippen LogP contribution in [0.2, 0.25) is 0 Å². The van der Waals surface area contributed by atoms with E-state index in [0.717, 1.165) is 12.8 Å². The van der Waals surface area contributed by atoms with Gasteiger partial charge in [0.25, 0.3) is 0 Å². The van der Waals surface area contributed by atoms with Gasteiger partial charge < -0.3 is 5.11 Å². The Balaban J connectivity index is 2.90. The van der Waals surface area contributed by atoms with Crippen molar-refractivity contribution in [2.75, 3.05) is 0 Å². The highest BCUT2D eigenvalue weighted by molar-refractivity contribution is 6.02. The Bertz CT molecular complexity index is 259. The molecule has 0 aromatic carbocycles. The van der Waals surface area contributed by atoms with Gasteiger partial charge in [0.05, 0.1) is 11.3 Å². The molecule has 1 fully saturated rings. The first kappa shape index (κ1) is 10.2. The lowest BCUT2D eigenvalue weighted by atomic mass is 10.00. The van der Waals surface area contributed by atoms with Gasteiger partial charge >= 0.3 is 0 Å². The van der Waals surface area contributed by atoms with Gasteiger partial charge in [-0.1, -0.05) is 19.2 Å². The van der Waals surface area contributed by atoms with Crippen LogP contribution >= 0.6 is 0 Å². The van der Waals surface area contributed by atoms with Crippen molar-refractivity contribution in [1.29, 1.82) is 0 Å². The second-order valence-corrected chi connectivity index (χ2v) is 4.05. The Hall–Kier alpha value is -0.890. The van der Waals surface area contributed by atoms with Crippen molar-refractivity contribution in [2.24, 2.45) is 4.99 Å². The first-order valence-electron chi connectivity index (χ1n) is 4.52. The molecule has 0 radical (unpaired) electrons. The number of hydrogen-bond donors (Lipinski definition) is 1. The van der Waals surface area contributed by atoms with Crippen molar-refractivity contribution in [3.8, 4) is 0 Å². The molecule has 0 aromatic heterocycles. The molecule has 1 N–H and O–H groups in total. The van der Waals surface area contributed by atoms with Gasteiger partial charge in [0, 0.05) is 0 Å². The third kappa shape index (κ3) is 2.28. The highest BCUT2D eigenvalue weighted by Gasteiger charge is 2.38. The Morgan fingerprint density at radius 1 is 1.54 bits per heavy atom. The van der Waals surface area contributed by atoms with Gasteiger partial charge in [0.1, 0.15) is 5.60 Å². The maximum absolute atomic E-state index is 9.85. The van der Waals surface area contributed by atoms with Crippen LogP contribution < -0.4 is 0 Å². The average molecular weight is 179 g/mol. The van der Waals surface area contributed by atoms with Crippen molar-refractivity contribution >= 4 is 5.71 Å². The summed E-state index contributed by atoms with van der Waals surface area (Å²) in [5.41, 5.74) is -0.397. The molecule has 1 unspecified atom stereocenters. The normalized spacial score (nSPS) is 24.7. The van der Waals surface area contributed by atoms with Crippen LogP contribution in [0.15, 0.2) is 30.3 Å². The van der Waals surface area contributed by atoms with Crippen molar-refractivity contribution in [3.05, 3.63) is 25.3 Å². The average Bonchev–Trinajstić information content (AvgIpc) is 2.80. The first-order chi connectivity index (χ1) is 5.93. The predicted octanol–water partition coefficient (Wildman–Crippen LogP) is 2.10. The summed E-state index contributed by atoms with van der Waals surface area (Å²) in [6.45, 7) is 11.0. The topological polar surface area (TPSA) is 32.6 Å². The van der Waals surface area contributed by atoms with Crippen molar-refractivity contribution in [1.82, 2.24) is 0 Å². The van der Waals surface area contributed by atoms with Crippen LogP contribution in [0.4, 0.5) is 0 Å². The quantitative estimate of drug-likeness (QED) is 0.520. The molecule has 2 nitrogen and oxygen atoms in total. The van der Waals surface area contributed by atoms with E-state index < -0.39 is 5.60 Å². The molecule has 1 atom stereocenters. The molecular formula is C11H17NO. The van der Waals surface area contributed by atoms with E-state index in [-0.39, 0.29) is 5.54 Å². The molecule has 1 aliphatic carbocycles. The third-order valence-corrected chi connectivity index (χ3v) is 2.47. The molecule has 0 spiro atoms. The van der Waals surface area contributed by atoms with Crippen LogP contribution in [0, 0.1) is 0 Å². The molecule has 0 saturated heterocycles. The van der Waals surface area contributed by atoms with E-state index in [4.69, 9.17) is 0 Å². The standard InChI is InChI=1S/C11H17NO/c1-5-9(11(4,13)6-2)12-10(3)7-8-10/h5-6,13H,1-2,7-8H2,3-4H3/b12-9-. The van der Waals surface area contributed by atoms with Crippen LogP contribution in [0.1, 0.15) is 26.7 Å². The van der Waals surface area contributed by atoms with E-state index in [9.17, 15) is 5.11 Å². The number of hydrogen-bond acceptors (Lipinski definition) is 2. The largest absolute Gasteiger partial charge is 0.380 e. The number of rotatable bonds is 4. The Morgan fingerprint density at radius 2 is 2.08 bits per heavy atom. The van der Waals surface area contributed by atoms with E-state index in [0.29, 0.717) is 5.71 Å². The van der Waals surface area contributed by atoms with Crippen LogP contribution in [0.3, 0.4) is 0 Å². The molecule has 72 valence electrons. The van der Waals surface area contributed by atoms with E-state index in [2.05, 4.69) is 25.1 Å². The van der Waals surface area contributed by atoms with Gasteiger partial charge in [-0.3, -0.25) is 4.99 Å².